The van der Waals surface area contributed by atoms with E-state index in [1.165, 1.54) is 11.5 Å². The lowest BCUT2D eigenvalue weighted by atomic mass is 10.2. The summed E-state index contributed by atoms with van der Waals surface area (Å²) < 4.78 is 5.06. The van der Waals surface area contributed by atoms with Gasteiger partial charge in [0.15, 0.2) is 5.84 Å². The van der Waals surface area contributed by atoms with Gasteiger partial charge in [0, 0.05) is 17.1 Å². The highest BCUT2D eigenvalue weighted by molar-refractivity contribution is 7.13. The smallest absolute Gasteiger partial charge is 0.170 e. The van der Waals surface area contributed by atoms with Crippen LogP contribution < -0.4 is 5.73 Å². The van der Waals surface area contributed by atoms with E-state index in [0.29, 0.717) is 5.56 Å². The molecule has 0 spiro atoms. The number of nitrogens with zero attached hydrogens (tertiary/aromatic N) is 2. The average Bonchev–Trinajstić information content (AvgIpc) is 2.63. The summed E-state index contributed by atoms with van der Waals surface area (Å²) in [4.78, 5) is 0. The molecule has 0 amide bonds. The van der Waals surface area contributed by atoms with Gasteiger partial charge in [-0.2, -0.15) is 4.37 Å². The summed E-state index contributed by atoms with van der Waals surface area (Å²) in [6, 6.07) is 5.54. The van der Waals surface area contributed by atoms with Crippen LogP contribution in [0.15, 0.2) is 29.6 Å². The molecule has 0 fully saturated rings. The van der Waals surface area contributed by atoms with Crippen LogP contribution in [0.25, 0.3) is 10.1 Å². The number of hydrogen-bond donors (Lipinski definition) is 2. The maximum atomic E-state index is 8.46. The molecule has 3 N–H and O–H groups in total. The molecular formula is C8H7N3OS. The molecule has 0 bridgehead atoms. The van der Waals surface area contributed by atoms with E-state index in [1.807, 2.05) is 12.1 Å². The van der Waals surface area contributed by atoms with Crippen molar-refractivity contribution < 1.29 is 5.21 Å². The van der Waals surface area contributed by atoms with Gasteiger partial charge in [-0.15, -0.1) is 0 Å². The fourth-order valence-electron chi connectivity index (χ4n) is 1.08. The minimum Gasteiger partial charge on any atom is -0.409 e. The first-order chi connectivity index (χ1) is 6.31. The number of benzene rings is 1. The Balaban J connectivity index is 2.60. The molecule has 0 saturated carbocycles. The average molecular weight is 193 g/mol. The number of nitrogens with two attached hydrogens (primary N) is 1. The highest BCUT2D eigenvalue weighted by Gasteiger charge is 2.01. The van der Waals surface area contributed by atoms with Crippen LogP contribution >= 0.6 is 11.5 Å². The molecule has 1 aromatic carbocycles. The first-order valence-electron chi connectivity index (χ1n) is 3.63. The third kappa shape index (κ3) is 1.33. The minimum atomic E-state index is 0.121. The standard InChI is InChI=1S/C8H7N3OS/c9-8(11-12)5-1-2-6-4-10-13-7(6)3-5/h1-4,12H,(H2,9,11). The molecule has 1 heterocycles. The van der Waals surface area contributed by atoms with Crippen molar-refractivity contribution in [3.63, 3.8) is 0 Å². The summed E-state index contributed by atoms with van der Waals surface area (Å²) in [5.41, 5.74) is 6.15. The molecular weight excluding hydrogens is 186 g/mol. The van der Waals surface area contributed by atoms with E-state index in [0.717, 1.165) is 10.1 Å². The van der Waals surface area contributed by atoms with Crippen molar-refractivity contribution in [2.75, 3.05) is 0 Å². The number of fused-ring (bicyclic) bond motifs is 1. The zero-order valence-electron chi connectivity index (χ0n) is 6.64. The fraction of sp³-hybridized carbons (Fsp3) is 0. The Bertz CT molecular complexity index is 463. The molecule has 1 aromatic heterocycles. The molecule has 4 nitrogen and oxygen atoms in total. The lowest BCUT2D eigenvalue weighted by Gasteiger charge is -1.96. The molecule has 2 aromatic rings. The van der Waals surface area contributed by atoms with Crippen LogP contribution in [0.2, 0.25) is 0 Å². The predicted molar refractivity (Wildman–Crippen MR) is 52.1 cm³/mol. The second kappa shape index (κ2) is 3.02. The van der Waals surface area contributed by atoms with Crippen molar-refractivity contribution in [3.05, 3.63) is 30.0 Å². The monoisotopic (exact) mass is 193 g/mol. The van der Waals surface area contributed by atoms with Crippen LogP contribution in [0, 0.1) is 0 Å². The molecule has 66 valence electrons. The first kappa shape index (κ1) is 8.00. The molecule has 0 aliphatic carbocycles. The van der Waals surface area contributed by atoms with Crippen LogP contribution in [0.3, 0.4) is 0 Å². The number of aromatic nitrogens is 1. The molecule has 0 aliphatic rings. The van der Waals surface area contributed by atoms with Crippen molar-refractivity contribution >= 4 is 27.5 Å². The summed E-state index contributed by atoms with van der Waals surface area (Å²) in [7, 11) is 0. The Hall–Kier alpha value is -1.62. The SMILES string of the molecule is N/C(=N/O)c1ccc2cnsc2c1. The van der Waals surface area contributed by atoms with Gasteiger partial charge in [0.2, 0.25) is 0 Å². The second-order valence-electron chi connectivity index (χ2n) is 2.56. The molecule has 2 rings (SSSR count). The topological polar surface area (TPSA) is 71.5 Å². The highest BCUT2D eigenvalue weighted by Crippen LogP contribution is 2.19. The third-order valence-electron chi connectivity index (χ3n) is 1.76. The zero-order valence-corrected chi connectivity index (χ0v) is 7.45. The Morgan fingerprint density at radius 2 is 2.38 bits per heavy atom. The largest absolute Gasteiger partial charge is 0.409 e. The van der Waals surface area contributed by atoms with Gasteiger partial charge in [-0.1, -0.05) is 17.3 Å². The van der Waals surface area contributed by atoms with E-state index in [9.17, 15) is 0 Å². The maximum Gasteiger partial charge on any atom is 0.170 e. The van der Waals surface area contributed by atoms with Gasteiger partial charge in [0.1, 0.15) is 0 Å². The Morgan fingerprint density at radius 1 is 1.54 bits per heavy atom. The van der Waals surface area contributed by atoms with Crippen molar-refractivity contribution in [3.8, 4) is 0 Å². The van der Waals surface area contributed by atoms with Gasteiger partial charge < -0.3 is 10.9 Å². The molecule has 5 heteroatoms. The highest BCUT2D eigenvalue weighted by atomic mass is 32.1. The summed E-state index contributed by atoms with van der Waals surface area (Å²) in [6.45, 7) is 0. The summed E-state index contributed by atoms with van der Waals surface area (Å²) in [6.07, 6.45) is 1.79. The molecule has 13 heavy (non-hydrogen) atoms. The van der Waals surface area contributed by atoms with Crippen LogP contribution in [0.5, 0.6) is 0 Å². The molecule has 0 radical (unpaired) electrons. The van der Waals surface area contributed by atoms with Crippen molar-refractivity contribution in [1.29, 1.82) is 0 Å². The molecule has 0 unspecified atom stereocenters. The number of amidine groups is 1. The lowest BCUT2D eigenvalue weighted by molar-refractivity contribution is 0.318. The van der Waals surface area contributed by atoms with Crippen molar-refractivity contribution in [1.82, 2.24) is 4.37 Å². The Kier molecular flexibility index (Phi) is 1.86. The van der Waals surface area contributed by atoms with E-state index in [4.69, 9.17) is 10.9 Å². The third-order valence-corrected chi connectivity index (χ3v) is 2.52. The summed E-state index contributed by atoms with van der Waals surface area (Å²) in [5.74, 6) is 0.121. The van der Waals surface area contributed by atoms with Crippen molar-refractivity contribution in [2.45, 2.75) is 0 Å². The fourth-order valence-corrected chi connectivity index (χ4v) is 1.76. The van der Waals surface area contributed by atoms with Gasteiger partial charge in [0.05, 0.1) is 4.70 Å². The van der Waals surface area contributed by atoms with Crippen molar-refractivity contribution in [2.24, 2.45) is 10.9 Å². The normalized spacial score (nSPS) is 12.2. The molecule has 0 aliphatic heterocycles. The maximum absolute atomic E-state index is 8.46. The molecule has 0 saturated heterocycles. The van der Waals surface area contributed by atoms with E-state index < -0.39 is 0 Å². The summed E-state index contributed by atoms with van der Waals surface area (Å²) in [5, 5.41) is 12.5. The van der Waals surface area contributed by atoms with Crippen LogP contribution in [-0.4, -0.2) is 15.4 Å². The van der Waals surface area contributed by atoms with E-state index >= 15 is 0 Å². The van der Waals surface area contributed by atoms with Gasteiger partial charge in [-0.3, -0.25) is 0 Å². The van der Waals surface area contributed by atoms with Crippen LogP contribution in [0.1, 0.15) is 5.56 Å². The Morgan fingerprint density at radius 3 is 3.15 bits per heavy atom. The quantitative estimate of drug-likeness (QED) is 0.311. The van der Waals surface area contributed by atoms with Gasteiger partial charge in [-0.05, 0) is 17.6 Å². The van der Waals surface area contributed by atoms with E-state index in [2.05, 4.69) is 9.53 Å². The number of oxime groups is 1. The Labute approximate surface area is 78.5 Å². The minimum absolute atomic E-state index is 0.121. The van der Waals surface area contributed by atoms with E-state index in [1.54, 1.807) is 12.3 Å². The molecule has 0 atom stereocenters. The summed E-state index contributed by atoms with van der Waals surface area (Å²) >= 11 is 1.39. The predicted octanol–water partition coefficient (Wildman–Crippen LogP) is 1.39. The number of hydrogen-bond acceptors (Lipinski definition) is 4. The van der Waals surface area contributed by atoms with Gasteiger partial charge in [-0.25, -0.2) is 0 Å². The van der Waals surface area contributed by atoms with E-state index in [-0.39, 0.29) is 5.84 Å². The van der Waals surface area contributed by atoms with Gasteiger partial charge in [0.25, 0.3) is 0 Å². The second-order valence-corrected chi connectivity index (χ2v) is 3.40. The first-order valence-corrected chi connectivity index (χ1v) is 4.41. The van der Waals surface area contributed by atoms with Gasteiger partial charge >= 0.3 is 0 Å². The zero-order chi connectivity index (χ0) is 9.26. The lowest BCUT2D eigenvalue weighted by Crippen LogP contribution is -2.12. The number of rotatable bonds is 1. The van der Waals surface area contributed by atoms with Crippen LogP contribution in [0.4, 0.5) is 0 Å². The van der Waals surface area contributed by atoms with Crippen LogP contribution in [-0.2, 0) is 0 Å².